The highest BCUT2D eigenvalue weighted by molar-refractivity contribution is 5.92. The predicted octanol–water partition coefficient (Wildman–Crippen LogP) is 4.01. The molecule has 0 amide bonds. The number of carbonyl (C=O) groups is 2. The molecule has 0 spiro atoms. The summed E-state index contributed by atoms with van der Waals surface area (Å²) in [6, 6.07) is 5.88. The van der Waals surface area contributed by atoms with Crippen LogP contribution in [0.15, 0.2) is 23.4 Å². The number of carbonyl (C=O) groups excluding carboxylic acids is 2. The minimum Gasteiger partial charge on any atom is -0.462 e. The van der Waals surface area contributed by atoms with E-state index in [1.165, 1.54) is 25.0 Å². The lowest BCUT2D eigenvalue weighted by Crippen LogP contribution is -2.50. The Labute approximate surface area is 171 Å². The van der Waals surface area contributed by atoms with Gasteiger partial charge in [0, 0.05) is 25.2 Å². The molecule has 3 aliphatic carbocycles. The van der Waals surface area contributed by atoms with Crippen LogP contribution < -0.4 is 4.74 Å². The van der Waals surface area contributed by atoms with E-state index < -0.39 is 0 Å². The first kappa shape index (κ1) is 19.9. The molecule has 0 saturated heterocycles. The van der Waals surface area contributed by atoms with Crippen LogP contribution in [0.1, 0.15) is 63.5 Å². The quantitative estimate of drug-likeness (QED) is 0.436. The summed E-state index contributed by atoms with van der Waals surface area (Å²) >= 11 is 0. The van der Waals surface area contributed by atoms with E-state index in [0.717, 1.165) is 37.8 Å². The average Bonchev–Trinajstić information content (AvgIpc) is 2.96. The summed E-state index contributed by atoms with van der Waals surface area (Å²) in [5.41, 5.74) is 3.40. The number of fused-ring (bicyclic) bond motifs is 5. The van der Waals surface area contributed by atoms with Crippen LogP contribution in [-0.4, -0.2) is 30.9 Å². The van der Waals surface area contributed by atoms with Gasteiger partial charge in [0.25, 0.3) is 0 Å². The van der Waals surface area contributed by atoms with Gasteiger partial charge in [0.2, 0.25) is 0 Å². The van der Waals surface area contributed by atoms with Crippen molar-refractivity contribution in [1.29, 1.82) is 0 Å². The lowest BCUT2D eigenvalue weighted by molar-refractivity contribution is -0.154. The van der Waals surface area contributed by atoms with Gasteiger partial charge in [0.15, 0.2) is 0 Å². The van der Waals surface area contributed by atoms with Gasteiger partial charge in [-0.25, -0.2) is 0 Å². The standard InChI is InChI=1S/C23H29NO5/c1-13(25)28-16-6-8-17-15(11-16)5-7-18-19-9-10-21(24-27-4)23(19,3)12-20(22(17)18)29-14(2)26/h6,8,11,18-20,22H,5,7,9-10,12H2,1-4H3/b24-21+/t18-,19-,20-,22+,23-/m0/s1. The van der Waals surface area contributed by atoms with Gasteiger partial charge in [0.1, 0.15) is 19.0 Å². The third-order valence-electron chi connectivity index (χ3n) is 7.17. The average molecular weight is 399 g/mol. The third kappa shape index (κ3) is 3.43. The van der Waals surface area contributed by atoms with Crippen molar-refractivity contribution in [3.05, 3.63) is 29.3 Å². The second kappa shape index (κ2) is 7.47. The van der Waals surface area contributed by atoms with Crippen molar-refractivity contribution in [3.63, 3.8) is 0 Å². The molecule has 0 aromatic heterocycles. The van der Waals surface area contributed by atoms with Crippen LogP contribution in [0.5, 0.6) is 5.75 Å². The van der Waals surface area contributed by atoms with Gasteiger partial charge < -0.3 is 14.3 Å². The molecule has 2 fully saturated rings. The minimum absolute atomic E-state index is 0.105. The molecule has 1 aromatic carbocycles. The Bertz CT molecular complexity index is 863. The molecule has 29 heavy (non-hydrogen) atoms. The molecule has 0 radical (unpaired) electrons. The topological polar surface area (TPSA) is 74.2 Å². The first-order valence-electron chi connectivity index (χ1n) is 10.4. The van der Waals surface area contributed by atoms with Crippen LogP contribution in [0.3, 0.4) is 0 Å². The Hall–Kier alpha value is -2.37. The number of esters is 2. The minimum atomic E-state index is -0.319. The van der Waals surface area contributed by atoms with Crippen molar-refractivity contribution in [1.82, 2.24) is 0 Å². The molecule has 4 rings (SSSR count). The van der Waals surface area contributed by atoms with Crippen LogP contribution in [0.25, 0.3) is 0 Å². The van der Waals surface area contributed by atoms with Crippen molar-refractivity contribution >= 4 is 17.7 Å². The van der Waals surface area contributed by atoms with Gasteiger partial charge >= 0.3 is 11.9 Å². The van der Waals surface area contributed by atoms with Crippen LogP contribution >= 0.6 is 0 Å². The highest BCUT2D eigenvalue weighted by Crippen LogP contribution is 2.60. The number of aryl methyl sites for hydroxylation is 1. The second-order valence-electron chi connectivity index (χ2n) is 8.82. The van der Waals surface area contributed by atoms with E-state index in [2.05, 4.69) is 18.1 Å². The van der Waals surface area contributed by atoms with Crippen molar-refractivity contribution < 1.29 is 23.9 Å². The van der Waals surface area contributed by atoms with Gasteiger partial charge in [-0.15, -0.1) is 0 Å². The SMILES string of the molecule is CO/N=C1\CC[C@H]2[C@@H]3CCc4cc(OC(C)=O)ccc4[C@H]3[C@@H](OC(C)=O)C[C@]12C. The van der Waals surface area contributed by atoms with E-state index in [1.807, 2.05) is 12.1 Å². The lowest BCUT2D eigenvalue weighted by Gasteiger charge is -2.52. The number of benzene rings is 1. The fraction of sp³-hybridized carbons (Fsp3) is 0.609. The maximum Gasteiger partial charge on any atom is 0.308 e. The molecule has 0 N–H and O–H groups in total. The van der Waals surface area contributed by atoms with Crippen molar-refractivity contribution in [2.75, 3.05) is 7.11 Å². The number of hydrogen-bond donors (Lipinski definition) is 0. The second-order valence-corrected chi connectivity index (χ2v) is 8.82. The van der Waals surface area contributed by atoms with Crippen LogP contribution in [0, 0.1) is 17.3 Å². The normalized spacial score (nSPS) is 34.0. The van der Waals surface area contributed by atoms with Crippen LogP contribution in [0.4, 0.5) is 0 Å². The Kier molecular flexibility index (Phi) is 5.13. The fourth-order valence-corrected chi connectivity index (χ4v) is 6.21. The zero-order valence-corrected chi connectivity index (χ0v) is 17.6. The largest absolute Gasteiger partial charge is 0.462 e. The number of ether oxygens (including phenoxy) is 2. The fourth-order valence-electron chi connectivity index (χ4n) is 6.21. The molecule has 3 aliphatic rings. The summed E-state index contributed by atoms with van der Waals surface area (Å²) in [6.07, 6.45) is 4.54. The molecule has 6 nitrogen and oxygen atoms in total. The molecule has 0 heterocycles. The summed E-state index contributed by atoms with van der Waals surface area (Å²) in [4.78, 5) is 28.4. The maximum atomic E-state index is 11.9. The number of rotatable bonds is 3. The number of nitrogens with zero attached hydrogens (tertiary/aromatic N) is 1. The summed E-state index contributed by atoms with van der Waals surface area (Å²) in [5, 5.41) is 4.34. The van der Waals surface area contributed by atoms with Gasteiger partial charge in [0.05, 0.1) is 5.71 Å². The van der Waals surface area contributed by atoms with Gasteiger partial charge in [-0.05, 0) is 67.2 Å². The van der Waals surface area contributed by atoms with Crippen LogP contribution in [-0.2, 0) is 25.6 Å². The molecule has 156 valence electrons. The van der Waals surface area contributed by atoms with E-state index in [-0.39, 0.29) is 29.4 Å². The zero-order valence-electron chi connectivity index (χ0n) is 17.6. The zero-order chi connectivity index (χ0) is 20.8. The maximum absolute atomic E-state index is 11.9. The highest BCUT2D eigenvalue weighted by atomic mass is 16.6. The Morgan fingerprint density at radius 3 is 2.62 bits per heavy atom. The van der Waals surface area contributed by atoms with Crippen molar-refractivity contribution in [2.45, 2.75) is 64.9 Å². The summed E-state index contributed by atoms with van der Waals surface area (Å²) < 4.78 is 11.2. The molecular weight excluding hydrogens is 370 g/mol. The lowest BCUT2D eigenvalue weighted by atomic mass is 9.54. The summed E-state index contributed by atoms with van der Waals surface area (Å²) in [7, 11) is 1.59. The molecule has 2 saturated carbocycles. The molecule has 0 unspecified atom stereocenters. The monoisotopic (exact) mass is 399 g/mol. The Balaban J connectivity index is 1.73. The van der Waals surface area contributed by atoms with Gasteiger partial charge in [-0.3, -0.25) is 9.59 Å². The molecule has 0 bridgehead atoms. The molecule has 0 aliphatic heterocycles. The van der Waals surface area contributed by atoms with Crippen LogP contribution in [0.2, 0.25) is 0 Å². The van der Waals surface area contributed by atoms with Crippen molar-refractivity contribution in [2.24, 2.45) is 22.4 Å². The predicted molar refractivity (Wildman–Crippen MR) is 108 cm³/mol. The molecule has 1 aromatic rings. The van der Waals surface area contributed by atoms with E-state index in [1.54, 1.807) is 7.11 Å². The molecule has 6 heteroatoms. The Morgan fingerprint density at radius 1 is 1.14 bits per heavy atom. The Morgan fingerprint density at radius 2 is 1.93 bits per heavy atom. The molecule has 5 atom stereocenters. The smallest absolute Gasteiger partial charge is 0.308 e. The number of oxime groups is 1. The number of hydrogen-bond acceptors (Lipinski definition) is 6. The van der Waals surface area contributed by atoms with Gasteiger partial charge in [-0.1, -0.05) is 18.1 Å². The van der Waals surface area contributed by atoms with E-state index in [0.29, 0.717) is 17.6 Å². The molecular formula is C23H29NO5. The van der Waals surface area contributed by atoms with Crippen molar-refractivity contribution in [3.8, 4) is 5.75 Å². The first-order valence-corrected chi connectivity index (χ1v) is 10.4. The highest BCUT2D eigenvalue weighted by Gasteiger charge is 2.58. The third-order valence-corrected chi connectivity index (χ3v) is 7.17. The van der Waals surface area contributed by atoms with E-state index in [9.17, 15) is 9.59 Å². The summed E-state index contributed by atoms with van der Waals surface area (Å²) in [5.74, 6) is 1.09. The summed E-state index contributed by atoms with van der Waals surface area (Å²) in [6.45, 7) is 5.15. The first-order chi connectivity index (χ1) is 13.8. The van der Waals surface area contributed by atoms with Gasteiger partial charge in [-0.2, -0.15) is 0 Å². The van der Waals surface area contributed by atoms with E-state index >= 15 is 0 Å². The van der Waals surface area contributed by atoms with E-state index in [4.69, 9.17) is 14.3 Å².